The van der Waals surface area contributed by atoms with Crippen LogP contribution < -0.4 is 4.90 Å². The van der Waals surface area contributed by atoms with Gasteiger partial charge in [-0.3, -0.25) is 0 Å². The van der Waals surface area contributed by atoms with Gasteiger partial charge >= 0.3 is 0 Å². The standard InChI is InChI=1S/C52H35N/c1-3-12-36(13-4-1)38-22-28-41(29-23-38)53(42-30-24-39(25-31-42)37-14-5-2-6-15-37)43-32-26-40(27-33-43)44-34-35-51-48-19-10-8-17-46(48)45-16-7-9-18-47(45)50-21-11-20-49(44)52(50)51/h1-35H. The number of benzene rings is 9. The molecule has 9 aromatic carbocycles. The van der Waals surface area contributed by atoms with Crippen LogP contribution in [0.4, 0.5) is 17.1 Å². The normalized spacial score (nSPS) is 11.4. The smallest absolute Gasteiger partial charge is 0.0462 e. The van der Waals surface area contributed by atoms with Crippen LogP contribution in [0.5, 0.6) is 0 Å². The van der Waals surface area contributed by atoms with E-state index in [9.17, 15) is 0 Å². The summed E-state index contributed by atoms with van der Waals surface area (Å²) < 4.78 is 0. The van der Waals surface area contributed by atoms with Crippen LogP contribution in [0.1, 0.15) is 0 Å². The van der Waals surface area contributed by atoms with Gasteiger partial charge in [0.1, 0.15) is 0 Å². The van der Waals surface area contributed by atoms with Crippen molar-refractivity contribution in [3.8, 4) is 66.8 Å². The van der Waals surface area contributed by atoms with Gasteiger partial charge < -0.3 is 4.90 Å². The molecule has 1 aliphatic carbocycles. The molecule has 0 heterocycles. The summed E-state index contributed by atoms with van der Waals surface area (Å²) in [4.78, 5) is 2.35. The maximum Gasteiger partial charge on any atom is 0.0462 e. The molecule has 0 atom stereocenters. The lowest BCUT2D eigenvalue weighted by atomic mass is 9.89. The Morgan fingerprint density at radius 2 is 0.547 bits per heavy atom. The fourth-order valence-electron chi connectivity index (χ4n) is 8.12. The molecular weight excluding hydrogens is 639 g/mol. The summed E-state index contributed by atoms with van der Waals surface area (Å²) in [6.07, 6.45) is 0. The van der Waals surface area contributed by atoms with Gasteiger partial charge in [-0.15, -0.1) is 0 Å². The Kier molecular flexibility index (Phi) is 7.55. The maximum atomic E-state index is 2.35. The Balaban J connectivity index is 1.08. The molecule has 0 bridgehead atoms. The second-order valence-corrected chi connectivity index (χ2v) is 13.7. The highest BCUT2D eigenvalue weighted by Crippen LogP contribution is 2.49. The summed E-state index contributed by atoms with van der Waals surface area (Å²) in [5.41, 5.74) is 18.3. The first-order valence-electron chi connectivity index (χ1n) is 18.3. The summed E-state index contributed by atoms with van der Waals surface area (Å²) in [6, 6.07) is 77.1. The van der Waals surface area contributed by atoms with Gasteiger partial charge in [0.15, 0.2) is 0 Å². The molecule has 0 aromatic heterocycles. The van der Waals surface area contributed by atoms with E-state index in [1.807, 2.05) is 0 Å². The van der Waals surface area contributed by atoms with E-state index in [0.717, 1.165) is 17.1 Å². The second kappa shape index (κ2) is 13.0. The largest absolute Gasteiger partial charge is 0.311 e. The summed E-state index contributed by atoms with van der Waals surface area (Å²) >= 11 is 0. The molecule has 1 nitrogen and oxygen atoms in total. The SMILES string of the molecule is c1ccc(-c2ccc(N(c3ccc(-c4ccccc4)cc3)c3ccc(-c4ccc5c6c(cccc46)-c4ccccc4-c4ccccc4-5)cc3)cc2)cc1. The van der Waals surface area contributed by atoms with E-state index in [1.54, 1.807) is 0 Å². The number of fused-ring (bicyclic) bond motifs is 5. The van der Waals surface area contributed by atoms with Crippen molar-refractivity contribution in [2.24, 2.45) is 0 Å². The van der Waals surface area contributed by atoms with Crippen LogP contribution in [0.3, 0.4) is 0 Å². The molecule has 9 aromatic rings. The third kappa shape index (κ3) is 5.42. The third-order valence-corrected chi connectivity index (χ3v) is 10.7. The highest BCUT2D eigenvalue weighted by molar-refractivity contribution is 6.16. The Bertz CT molecular complexity index is 2590. The van der Waals surface area contributed by atoms with Crippen LogP contribution in [0.15, 0.2) is 212 Å². The molecule has 1 heteroatoms. The van der Waals surface area contributed by atoms with Gasteiger partial charge in [-0.1, -0.05) is 176 Å². The van der Waals surface area contributed by atoms with E-state index in [4.69, 9.17) is 0 Å². The lowest BCUT2D eigenvalue weighted by molar-refractivity contribution is 1.28. The van der Waals surface area contributed by atoms with Crippen molar-refractivity contribution in [3.05, 3.63) is 212 Å². The highest BCUT2D eigenvalue weighted by Gasteiger charge is 2.22. The number of hydrogen-bond donors (Lipinski definition) is 0. The van der Waals surface area contributed by atoms with E-state index >= 15 is 0 Å². The molecule has 0 aliphatic heterocycles. The first kappa shape index (κ1) is 30.8. The van der Waals surface area contributed by atoms with Gasteiger partial charge in [0, 0.05) is 17.1 Å². The van der Waals surface area contributed by atoms with Crippen molar-refractivity contribution in [2.45, 2.75) is 0 Å². The summed E-state index contributed by atoms with van der Waals surface area (Å²) in [5.74, 6) is 0. The minimum Gasteiger partial charge on any atom is -0.311 e. The number of nitrogens with zero attached hydrogens (tertiary/aromatic N) is 1. The third-order valence-electron chi connectivity index (χ3n) is 10.7. The Morgan fingerprint density at radius 3 is 1.02 bits per heavy atom. The average molecular weight is 674 g/mol. The fourth-order valence-corrected chi connectivity index (χ4v) is 8.12. The van der Waals surface area contributed by atoms with Crippen LogP contribution >= 0.6 is 0 Å². The van der Waals surface area contributed by atoms with Gasteiger partial charge in [-0.05, 0) is 114 Å². The van der Waals surface area contributed by atoms with E-state index in [0.29, 0.717) is 0 Å². The molecule has 0 unspecified atom stereocenters. The maximum absolute atomic E-state index is 2.35. The molecule has 0 radical (unpaired) electrons. The van der Waals surface area contributed by atoms with Crippen molar-refractivity contribution in [3.63, 3.8) is 0 Å². The predicted octanol–water partition coefficient (Wildman–Crippen LogP) is 14.6. The zero-order chi connectivity index (χ0) is 35.1. The fraction of sp³-hybridized carbons (Fsp3) is 0. The van der Waals surface area contributed by atoms with Crippen LogP contribution in [0.25, 0.3) is 77.5 Å². The van der Waals surface area contributed by atoms with Crippen molar-refractivity contribution in [1.82, 2.24) is 0 Å². The van der Waals surface area contributed by atoms with Gasteiger partial charge in [-0.25, -0.2) is 0 Å². The molecule has 0 fully saturated rings. The van der Waals surface area contributed by atoms with Gasteiger partial charge in [-0.2, -0.15) is 0 Å². The summed E-state index contributed by atoms with van der Waals surface area (Å²) in [6.45, 7) is 0. The minimum absolute atomic E-state index is 1.11. The number of rotatable bonds is 6. The molecular formula is C52H35N. The van der Waals surface area contributed by atoms with Gasteiger partial charge in [0.25, 0.3) is 0 Å². The van der Waals surface area contributed by atoms with Crippen molar-refractivity contribution >= 4 is 27.8 Å². The van der Waals surface area contributed by atoms with Crippen LogP contribution in [-0.2, 0) is 0 Å². The van der Waals surface area contributed by atoms with E-state index in [2.05, 4.69) is 217 Å². The molecule has 1 aliphatic rings. The van der Waals surface area contributed by atoms with E-state index in [-0.39, 0.29) is 0 Å². The van der Waals surface area contributed by atoms with Gasteiger partial charge in [0.05, 0.1) is 0 Å². The quantitative estimate of drug-likeness (QED) is 0.170. The predicted molar refractivity (Wildman–Crippen MR) is 225 cm³/mol. The van der Waals surface area contributed by atoms with E-state index in [1.165, 1.54) is 77.5 Å². The first-order chi connectivity index (χ1) is 26.3. The first-order valence-corrected chi connectivity index (χ1v) is 18.3. The zero-order valence-corrected chi connectivity index (χ0v) is 29.2. The summed E-state index contributed by atoms with van der Waals surface area (Å²) in [5, 5.41) is 2.58. The highest BCUT2D eigenvalue weighted by atomic mass is 15.1. The Morgan fingerprint density at radius 1 is 0.208 bits per heavy atom. The minimum atomic E-state index is 1.11. The lowest BCUT2D eigenvalue weighted by Crippen LogP contribution is -2.09. The molecule has 0 N–H and O–H groups in total. The molecule has 248 valence electrons. The lowest BCUT2D eigenvalue weighted by Gasteiger charge is -2.26. The van der Waals surface area contributed by atoms with Crippen LogP contribution in [-0.4, -0.2) is 0 Å². The average Bonchev–Trinajstić information content (AvgIpc) is 3.36. The topological polar surface area (TPSA) is 3.24 Å². The van der Waals surface area contributed by atoms with Crippen molar-refractivity contribution < 1.29 is 0 Å². The monoisotopic (exact) mass is 673 g/mol. The molecule has 0 saturated carbocycles. The molecule has 0 amide bonds. The van der Waals surface area contributed by atoms with Crippen molar-refractivity contribution in [2.75, 3.05) is 4.90 Å². The summed E-state index contributed by atoms with van der Waals surface area (Å²) in [7, 11) is 0. The molecule has 10 rings (SSSR count). The van der Waals surface area contributed by atoms with Crippen LogP contribution in [0, 0.1) is 0 Å². The zero-order valence-electron chi connectivity index (χ0n) is 29.2. The number of hydrogen-bond acceptors (Lipinski definition) is 1. The van der Waals surface area contributed by atoms with E-state index < -0.39 is 0 Å². The second-order valence-electron chi connectivity index (χ2n) is 13.7. The Labute approximate surface area is 310 Å². The van der Waals surface area contributed by atoms with Gasteiger partial charge in [0.2, 0.25) is 0 Å². The molecule has 53 heavy (non-hydrogen) atoms. The van der Waals surface area contributed by atoms with Crippen LogP contribution in [0.2, 0.25) is 0 Å². The number of anilines is 3. The molecule has 0 spiro atoms. The van der Waals surface area contributed by atoms with Crippen molar-refractivity contribution in [1.29, 1.82) is 0 Å². The Hall–Kier alpha value is -6.96. The molecule has 0 saturated heterocycles.